The highest BCUT2D eigenvalue weighted by Crippen LogP contribution is 2.26. The molecule has 2 aromatic carbocycles. The van der Waals surface area contributed by atoms with Crippen LogP contribution < -0.4 is 0 Å². The average molecular weight is 276 g/mol. The molecule has 21 heavy (non-hydrogen) atoms. The first kappa shape index (κ1) is 11.8. The van der Waals surface area contributed by atoms with Gasteiger partial charge in [-0.1, -0.05) is 12.1 Å². The molecule has 0 fully saturated rings. The second kappa shape index (κ2) is 4.52. The zero-order chi connectivity index (χ0) is 14.2. The Morgan fingerprint density at radius 1 is 1.00 bits per heavy atom. The Morgan fingerprint density at radius 2 is 1.95 bits per heavy atom. The van der Waals surface area contributed by atoms with Gasteiger partial charge in [-0.2, -0.15) is 0 Å². The lowest BCUT2D eigenvalue weighted by Crippen LogP contribution is -1.91. The first-order valence-corrected chi connectivity index (χ1v) is 6.60. The Hall–Kier alpha value is -3.01. The molecule has 0 aliphatic heterocycles. The van der Waals surface area contributed by atoms with Crippen molar-refractivity contribution in [2.45, 2.75) is 0 Å². The number of nitrogens with zero attached hydrogens (tertiary/aromatic N) is 2. The lowest BCUT2D eigenvalue weighted by atomic mass is 10.1. The van der Waals surface area contributed by atoms with Crippen LogP contribution in [0.15, 0.2) is 71.8 Å². The lowest BCUT2D eigenvalue weighted by molar-refractivity contribution is 0.475. The molecule has 0 saturated carbocycles. The standard InChI is InChI=1S/C17H12N2O2/c20-15-3-1-2-14(9-15)19-11-18-16-5-4-12(8-17(16)19)13-6-7-21-10-13/h1-11,20H. The number of aromatic nitrogens is 2. The van der Waals surface area contributed by atoms with E-state index in [2.05, 4.69) is 11.1 Å². The van der Waals surface area contributed by atoms with E-state index in [1.807, 2.05) is 34.9 Å². The van der Waals surface area contributed by atoms with Gasteiger partial charge in [0.15, 0.2) is 0 Å². The van der Waals surface area contributed by atoms with E-state index in [0.717, 1.165) is 27.8 Å². The van der Waals surface area contributed by atoms with Crippen LogP contribution in [0.5, 0.6) is 5.75 Å². The zero-order valence-corrected chi connectivity index (χ0v) is 11.1. The van der Waals surface area contributed by atoms with Crippen molar-refractivity contribution in [3.8, 4) is 22.6 Å². The van der Waals surface area contributed by atoms with E-state index in [-0.39, 0.29) is 5.75 Å². The molecule has 2 aromatic heterocycles. The van der Waals surface area contributed by atoms with E-state index in [9.17, 15) is 5.11 Å². The van der Waals surface area contributed by atoms with Crippen LogP contribution in [-0.2, 0) is 0 Å². The van der Waals surface area contributed by atoms with Crippen LogP contribution in [0, 0.1) is 0 Å². The van der Waals surface area contributed by atoms with Gasteiger partial charge >= 0.3 is 0 Å². The number of fused-ring (bicyclic) bond motifs is 1. The quantitative estimate of drug-likeness (QED) is 0.602. The number of hydrogen-bond donors (Lipinski definition) is 1. The minimum Gasteiger partial charge on any atom is -0.508 e. The molecule has 4 rings (SSSR count). The molecule has 0 atom stereocenters. The third kappa shape index (κ3) is 1.97. The molecular weight excluding hydrogens is 264 g/mol. The van der Waals surface area contributed by atoms with Crippen molar-refractivity contribution >= 4 is 11.0 Å². The van der Waals surface area contributed by atoms with Gasteiger partial charge in [0.2, 0.25) is 0 Å². The van der Waals surface area contributed by atoms with Gasteiger partial charge in [0.1, 0.15) is 12.1 Å². The second-order valence-corrected chi connectivity index (χ2v) is 4.85. The molecule has 1 N–H and O–H groups in total. The maximum Gasteiger partial charge on any atom is 0.117 e. The molecule has 0 radical (unpaired) electrons. The Morgan fingerprint density at radius 3 is 2.76 bits per heavy atom. The summed E-state index contributed by atoms with van der Waals surface area (Å²) < 4.78 is 7.09. The topological polar surface area (TPSA) is 51.2 Å². The first-order chi connectivity index (χ1) is 10.3. The van der Waals surface area contributed by atoms with Gasteiger partial charge in [-0.15, -0.1) is 0 Å². The fourth-order valence-electron chi connectivity index (χ4n) is 2.46. The number of hydrogen-bond acceptors (Lipinski definition) is 3. The van der Waals surface area contributed by atoms with Gasteiger partial charge in [-0.25, -0.2) is 4.98 Å². The normalized spacial score (nSPS) is 11.0. The molecule has 0 unspecified atom stereocenters. The Kier molecular flexibility index (Phi) is 2.54. The summed E-state index contributed by atoms with van der Waals surface area (Å²) in [5.41, 5.74) is 4.87. The molecule has 0 aliphatic rings. The summed E-state index contributed by atoms with van der Waals surface area (Å²) in [5.74, 6) is 0.236. The highest BCUT2D eigenvalue weighted by atomic mass is 16.3. The van der Waals surface area contributed by atoms with Gasteiger partial charge in [0.25, 0.3) is 0 Å². The van der Waals surface area contributed by atoms with Crippen molar-refractivity contribution in [2.24, 2.45) is 0 Å². The van der Waals surface area contributed by atoms with Crippen molar-refractivity contribution in [2.75, 3.05) is 0 Å². The van der Waals surface area contributed by atoms with E-state index >= 15 is 0 Å². The minimum atomic E-state index is 0.236. The van der Waals surface area contributed by atoms with E-state index in [1.54, 1.807) is 31.0 Å². The van der Waals surface area contributed by atoms with E-state index in [1.165, 1.54) is 0 Å². The summed E-state index contributed by atoms with van der Waals surface area (Å²) in [6.45, 7) is 0. The number of rotatable bonds is 2. The zero-order valence-electron chi connectivity index (χ0n) is 11.1. The molecular formula is C17H12N2O2. The van der Waals surface area contributed by atoms with Crippen molar-refractivity contribution < 1.29 is 9.52 Å². The fourth-order valence-corrected chi connectivity index (χ4v) is 2.46. The Labute approximate surface area is 120 Å². The third-order valence-corrected chi connectivity index (χ3v) is 3.51. The molecule has 0 amide bonds. The smallest absolute Gasteiger partial charge is 0.117 e. The van der Waals surface area contributed by atoms with Crippen molar-refractivity contribution in [1.29, 1.82) is 0 Å². The van der Waals surface area contributed by atoms with Crippen LogP contribution in [0.2, 0.25) is 0 Å². The maximum atomic E-state index is 9.64. The van der Waals surface area contributed by atoms with Gasteiger partial charge < -0.3 is 9.52 Å². The maximum absolute atomic E-state index is 9.64. The molecule has 0 aliphatic carbocycles. The first-order valence-electron chi connectivity index (χ1n) is 6.60. The van der Waals surface area contributed by atoms with E-state index < -0.39 is 0 Å². The predicted molar refractivity (Wildman–Crippen MR) is 80.4 cm³/mol. The fraction of sp³-hybridized carbons (Fsp3) is 0. The van der Waals surface area contributed by atoms with Gasteiger partial charge in [0, 0.05) is 11.6 Å². The molecule has 2 heterocycles. The largest absolute Gasteiger partial charge is 0.508 e. The van der Waals surface area contributed by atoms with Crippen LogP contribution >= 0.6 is 0 Å². The molecule has 0 spiro atoms. The second-order valence-electron chi connectivity index (χ2n) is 4.85. The van der Waals surface area contributed by atoms with Gasteiger partial charge in [-0.3, -0.25) is 4.57 Å². The Bertz CT molecular complexity index is 908. The molecule has 4 aromatic rings. The number of aromatic hydroxyl groups is 1. The monoisotopic (exact) mass is 276 g/mol. The molecule has 102 valence electrons. The third-order valence-electron chi connectivity index (χ3n) is 3.51. The molecule has 0 saturated heterocycles. The highest BCUT2D eigenvalue weighted by Gasteiger charge is 2.08. The number of phenolic OH excluding ortho intramolecular Hbond substituents is 1. The molecule has 0 bridgehead atoms. The molecule has 4 heteroatoms. The predicted octanol–water partition coefficient (Wildman–Crippen LogP) is 3.99. The number of furan rings is 1. The number of phenols is 1. The van der Waals surface area contributed by atoms with Crippen LogP contribution in [0.25, 0.3) is 27.8 Å². The van der Waals surface area contributed by atoms with Crippen LogP contribution in [0.1, 0.15) is 0 Å². The van der Waals surface area contributed by atoms with Crippen LogP contribution in [-0.4, -0.2) is 14.7 Å². The number of imidazole rings is 1. The van der Waals surface area contributed by atoms with E-state index in [4.69, 9.17) is 4.42 Å². The summed E-state index contributed by atoms with van der Waals surface area (Å²) in [5, 5.41) is 9.64. The summed E-state index contributed by atoms with van der Waals surface area (Å²) >= 11 is 0. The van der Waals surface area contributed by atoms with E-state index in [0.29, 0.717) is 0 Å². The van der Waals surface area contributed by atoms with Crippen LogP contribution in [0.4, 0.5) is 0 Å². The van der Waals surface area contributed by atoms with Crippen LogP contribution in [0.3, 0.4) is 0 Å². The van der Waals surface area contributed by atoms with Gasteiger partial charge in [-0.05, 0) is 35.9 Å². The van der Waals surface area contributed by atoms with Crippen molar-refractivity contribution in [3.63, 3.8) is 0 Å². The van der Waals surface area contributed by atoms with Crippen molar-refractivity contribution in [3.05, 3.63) is 67.4 Å². The summed E-state index contributed by atoms with van der Waals surface area (Å²) in [6.07, 6.45) is 5.14. The SMILES string of the molecule is Oc1cccc(-n2cnc3ccc(-c4ccoc4)cc32)c1. The average Bonchev–Trinajstić information content (AvgIpc) is 3.16. The highest BCUT2D eigenvalue weighted by molar-refractivity contribution is 5.83. The summed E-state index contributed by atoms with van der Waals surface area (Å²) in [6, 6.07) is 15.1. The number of benzene rings is 2. The Balaban J connectivity index is 1.92. The summed E-state index contributed by atoms with van der Waals surface area (Å²) in [7, 11) is 0. The van der Waals surface area contributed by atoms with Crippen molar-refractivity contribution in [1.82, 2.24) is 9.55 Å². The lowest BCUT2D eigenvalue weighted by Gasteiger charge is -2.05. The van der Waals surface area contributed by atoms with Gasteiger partial charge in [0.05, 0.1) is 29.2 Å². The summed E-state index contributed by atoms with van der Waals surface area (Å²) in [4.78, 5) is 4.41. The molecule has 4 nitrogen and oxygen atoms in total. The minimum absolute atomic E-state index is 0.236.